The average Bonchev–Trinajstić information content (AvgIpc) is 2.96. The molecule has 0 spiro atoms. The fourth-order valence-electron chi connectivity index (χ4n) is 3.03. The van der Waals surface area contributed by atoms with Crippen LogP contribution in [-0.4, -0.2) is 28.5 Å². The quantitative estimate of drug-likeness (QED) is 0.766. The van der Waals surface area contributed by atoms with Crippen molar-refractivity contribution in [3.63, 3.8) is 0 Å². The van der Waals surface area contributed by atoms with Gasteiger partial charge in [-0.15, -0.1) is 0 Å². The van der Waals surface area contributed by atoms with Gasteiger partial charge in [-0.05, 0) is 36.1 Å². The first-order valence-electron chi connectivity index (χ1n) is 8.13. The number of carbonyl (C=O) groups is 2. The van der Waals surface area contributed by atoms with Gasteiger partial charge in [-0.1, -0.05) is 48.9 Å². The third-order valence-corrected chi connectivity index (χ3v) is 4.51. The normalized spacial score (nSPS) is 18.1. The zero-order chi connectivity index (χ0) is 18.0. The van der Waals surface area contributed by atoms with Crippen LogP contribution in [0.5, 0.6) is 0 Å². The number of cyclic esters (lactones) is 1. The summed E-state index contributed by atoms with van der Waals surface area (Å²) in [5.74, 6) is -0.342. The zero-order valence-corrected chi connectivity index (χ0v) is 14.9. The molecule has 0 radical (unpaired) electrons. The molecule has 25 heavy (non-hydrogen) atoms. The molecule has 2 amide bonds. The van der Waals surface area contributed by atoms with Crippen LogP contribution in [0.15, 0.2) is 42.5 Å². The Kier molecular flexibility index (Phi) is 5.04. The number of halogens is 1. The second kappa shape index (κ2) is 7.23. The number of ether oxygens (including phenoxy) is 1. The summed E-state index contributed by atoms with van der Waals surface area (Å²) < 4.78 is 5.11. The average molecular weight is 359 g/mol. The van der Waals surface area contributed by atoms with Crippen LogP contribution >= 0.6 is 11.6 Å². The molecule has 6 heteroatoms. The van der Waals surface area contributed by atoms with Gasteiger partial charge in [0, 0.05) is 12.1 Å². The summed E-state index contributed by atoms with van der Waals surface area (Å²) in [6.45, 7) is 3.97. The molecule has 0 aliphatic carbocycles. The molecule has 2 unspecified atom stereocenters. The van der Waals surface area contributed by atoms with Gasteiger partial charge in [0.1, 0.15) is 17.8 Å². The lowest BCUT2D eigenvalue weighted by Crippen LogP contribution is -2.34. The minimum absolute atomic E-state index is 0.0866. The molecular formula is C19H19ClN2O3. The van der Waals surface area contributed by atoms with Gasteiger partial charge in [-0.25, -0.2) is 14.7 Å². The summed E-state index contributed by atoms with van der Waals surface area (Å²) in [6, 6.07) is 12.7. The number of aromatic nitrogens is 1. The van der Waals surface area contributed by atoms with E-state index in [0.29, 0.717) is 5.15 Å². The van der Waals surface area contributed by atoms with E-state index in [-0.39, 0.29) is 30.9 Å². The van der Waals surface area contributed by atoms with Gasteiger partial charge in [0.15, 0.2) is 0 Å². The van der Waals surface area contributed by atoms with Crippen LogP contribution in [-0.2, 0) is 9.53 Å². The summed E-state index contributed by atoms with van der Waals surface area (Å²) in [7, 11) is 0. The van der Waals surface area contributed by atoms with Crippen molar-refractivity contribution < 1.29 is 14.3 Å². The largest absolute Gasteiger partial charge is 0.446 e. The molecular weight excluding hydrogens is 340 g/mol. The number of carbonyl (C=O) groups excluding carboxylic acids is 2. The van der Waals surface area contributed by atoms with E-state index < -0.39 is 6.09 Å². The first kappa shape index (κ1) is 17.4. The molecule has 1 saturated heterocycles. The maximum absolute atomic E-state index is 12.8. The first-order chi connectivity index (χ1) is 12.0. The van der Waals surface area contributed by atoms with Gasteiger partial charge < -0.3 is 4.74 Å². The Morgan fingerprint density at radius 3 is 2.76 bits per heavy atom. The number of pyridine rings is 1. The highest BCUT2D eigenvalue weighted by molar-refractivity contribution is 6.29. The third-order valence-electron chi connectivity index (χ3n) is 4.32. The van der Waals surface area contributed by atoms with Crippen LogP contribution in [0.4, 0.5) is 4.79 Å². The maximum atomic E-state index is 12.8. The standard InChI is InChI=1S/C19H19ClN2O3/c1-12(15-9-13(2)21-17(20)10-15)8-18(23)22-16(11-25-19(22)24)14-6-4-3-5-7-14/h3-7,9-10,12,16H,8,11H2,1-2H3. The van der Waals surface area contributed by atoms with Crippen molar-refractivity contribution >= 4 is 23.6 Å². The van der Waals surface area contributed by atoms with E-state index in [1.165, 1.54) is 4.90 Å². The molecule has 1 aliphatic heterocycles. The Morgan fingerprint density at radius 1 is 1.36 bits per heavy atom. The molecule has 2 atom stereocenters. The number of amides is 2. The van der Waals surface area contributed by atoms with E-state index in [2.05, 4.69) is 4.98 Å². The number of hydrogen-bond acceptors (Lipinski definition) is 4. The highest BCUT2D eigenvalue weighted by Crippen LogP contribution is 2.30. The van der Waals surface area contributed by atoms with Gasteiger partial charge in [0.2, 0.25) is 5.91 Å². The topological polar surface area (TPSA) is 59.5 Å². The molecule has 1 aromatic carbocycles. The number of benzene rings is 1. The van der Waals surface area contributed by atoms with Crippen molar-refractivity contribution in [1.82, 2.24) is 9.88 Å². The Morgan fingerprint density at radius 2 is 2.08 bits per heavy atom. The van der Waals surface area contributed by atoms with Crippen molar-refractivity contribution in [3.05, 3.63) is 64.4 Å². The van der Waals surface area contributed by atoms with Crippen LogP contribution in [0.1, 0.15) is 42.1 Å². The maximum Gasteiger partial charge on any atom is 0.417 e. The van der Waals surface area contributed by atoms with E-state index in [4.69, 9.17) is 16.3 Å². The van der Waals surface area contributed by atoms with Gasteiger partial charge in [0.25, 0.3) is 0 Å². The molecule has 1 aliphatic rings. The first-order valence-corrected chi connectivity index (χ1v) is 8.51. The molecule has 3 rings (SSSR count). The molecule has 130 valence electrons. The third kappa shape index (κ3) is 3.82. The van der Waals surface area contributed by atoms with Crippen LogP contribution in [0.2, 0.25) is 5.15 Å². The molecule has 0 N–H and O–H groups in total. The molecule has 5 nitrogen and oxygen atoms in total. The lowest BCUT2D eigenvalue weighted by Gasteiger charge is -2.22. The molecule has 1 aromatic heterocycles. The van der Waals surface area contributed by atoms with Crippen molar-refractivity contribution in [1.29, 1.82) is 0 Å². The van der Waals surface area contributed by atoms with Crippen molar-refractivity contribution in [3.8, 4) is 0 Å². The fraction of sp³-hybridized carbons (Fsp3) is 0.316. The van der Waals surface area contributed by atoms with E-state index in [1.54, 1.807) is 6.07 Å². The van der Waals surface area contributed by atoms with E-state index in [1.807, 2.05) is 50.2 Å². The van der Waals surface area contributed by atoms with Crippen LogP contribution in [0, 0.1) is 6.92 Å². The summed E-state index contributed by atoms with van der Waals surface area (Å²) >= 11 is 6.00. The van der Waals surface area contributed by atoms with Gasteiger partial charge in [-0.2, -0.15) is 0 Å². The summed E-state index contributed by atoms with van der Waals surface area (Å²) in [5, 5.41) is 0.400. The number of aryl methyl sites for hydroxylation is 1. The minimum atomic E-state index is -0.588. The lowest BCUT2D eigenvalue weighted by molar-refractivity contribution is -0.129. The van der Waals surface area contributed by atoms with E-state index in [0.717, 1.165) is 16.8 Å². The molecule has 0 saturated carbocycles. The number of rotatable bonds is 4. The van der Waals surface area contributed by atoms with E-state index in [9.17, 15) is 9.59 Å². The second-order valence-electron chi connectivity index (χ2n) is 6.24. The summed E-state index contributed by atoms with van der Waals surface area (Å²) in [4.78, 5) is 30.2. The highest BCUT2D eigenvalue weighted by Gasteiger charge is 2.39. The minimum Gasteiger partial charge on any atom is -0.446 e. The predicted molar refractivity (Wildman–Crippen MR) is 94.4 cm³/mol. The molecule has 1 fully saturated rings. The van der Waals surface area contributed by atoms with Gasteiger partial charge >= 0.3 is 6.09 Å². The summed E-state index contributed by atoms with van der Waals surface area (Å²) in [6.07, 6.45) is -0.395. The summed E-state index contributed by atoms with van der Waals surface area (Å²) in [5.41, 5.74) is 2.61. The van der Waals surface area contributed by atoms with Crippen molar-refractivity contribution in [2.24, 2.45) is 0 Å². The van der Waals surface area contributed by atoms with Gasteiger partial charge in [0.05, 0.1) is 0 Å². The van der Waals surface area contributed by atoms with Crippen LogP contribution in [0.25, 0.3) is 0 Å². The molecule has 2 heterocycles. The number of nitrogens with zero attached hydrogens (tertiary/aromatic N) is 2. The fourth-order valence-corrected chi connectivity index (χ4v) is 3.29. The molecule has 2 aromatic rings. The van der Waals surface area contributed by atoms with Gasteiger partial charge in [-0.3, -0.25) is 4.79 Å². The zero-order valence-electron chi connectivity index (χ0n) is 14.1. The van der Waals surface area contributed by atoms with Crippen LogP contribution in [0.3, 0.4) is 0 Å². The van der Waals surface area contributed by atoms with Crippen molar-refractivity contribution in [2.75, 3.05) is 6.61 Å². The Balaban J connectivity index is 1.78. The Hall–Kier alpha value is -2.40. The Labute approximate surface area is 151 Å². The predicted octanol–water partition coefficient (Wildman–Crippen LogP) is 4.26. The second-order valence-corrected chi connectivity index (χ2v) is 6.62. The highest BCUT2D eigenvalue weighted by atomic mass is 35.5. The number of hydrogen-bond donors (Lipinski definition) is 0. The van der Waals surface area contributed by atoms with E-state index >= 15 is 0 Å². The Bertz CT molecular complexity index is 774. The number of imide groups is 1. The molecule has 0 bridgehead atoms. The smallest absolute Gasteiger partial charge is 0.417 e. The van der Waals surface area contributed by atoms with Crippen molar-refractivity contribution in [2.45, 2.75) is 32.2 Å². The SMILES string of the molecule is Cc1cc(C(C)CC(=O)N2C(=O)OCC2c2ccccc2)cc(Cl)n1. The lowest BCUT2D eigenvalue weighted by atomic mass is 9.97. The van der Waals surface area contributed by atoms with Crippen LogP contribution < -0.4 is 0 Å². The monoisotopic (exact) mass is 358 g/mol.